The van der Waals surface area contributed by atoms with Gasteiger partial charge in [-0.05, 0) is 69.2 Å². The second kappa shape index (κ2) is 8.72. The fourth-order valence-corrected chi connectivity index (χ4v) is 5.28. The van der Waals surface area contributed by atoms with E-state index in [1.165, 1.54) is 31.2 Å². The van der Waals surface area contributed by atoms with Crippen LogP contribution in [0.5, 0.6) is 0 Å². The Morgan fingerprint density at radius 2 is 1.62 bits per heavy atom. The molecule has 4 rings (SSSR count). The first-order valence-electron chi connectivity index (χ1n) is 10.9. The van der Waals surface area contributed by atoms with Gasteiger partial charge in [0.15, 0.2) is 6.61 Å². The number of nitrogens with one attached hydrogen (secondary N) is 1. The van der Waals surface area contributed by atoms with Gasteiger partial charge in [0.1, 0.15) is 6.04 Å². The molecule has 2 aliphatic carbocycles. The number of likely N-dealkylation sites (tertiary alicyclic amines) is 1. The summed E-state index contributed by atoms with van der Waals surface area (Å²) in [7, 11) is 0. The molecule has 1 saturated heterocycles. The van der Waals surface area contributed by atoms with Crippen LogP contribution in [0.15, 0.2) is 24.3 Å². The first-order valence-corrected chi connectivity index (χ1v) is 10.9. The molecule has 1 aromatic carbocycles. The molecule has 0 aromatic heterocycles. The molecule has 9 nitrogen and oxygen atoms in total. The second-order valence-corrected chi connectivity index (χ2v) is 8.56. The highest BCUT2D eigenvalue weighted by Gasteiger charge is 2.62. The van der Waals surface area contributed by atoms with Gasteiger partial charge in [0, 0.05) is 5.69 Å². The molecular formula is C23H26N2O7. The van der Waals surface area contributed by atoms with Crippen LogP contribution in [0.1, 0.15) is 43.5 Å². The molecule has 1 N–H and O–H groups in total. The third-order valence-corrected chi connectivity index (χ3v) is 6.72. The molecular weight excluding hydrogens is 416 g/mol. The third kappa shape index (κ3) is 3.87. The van der Waals surface area contributed by atoms with E-state index in [0.29, 0.717) is 11.3 Å². The fourth-order valence-electron chi connectivity index (χ4n) is 5.28. The number of nitrogens with zero attached hydrogens (tertiary/aromatic N) is 1. The zero-order valence-electron chi connectivity index (χ0n) is 18.0. The highest BCUT2D eigenvalue weighted by Crippen LogP contribution is 2.56. The van der Waals surface area contributed by atoms with E-state index < -0.39 is 30.5 Å². The zero-order valence-corrected chi connectivity index (χ0v) is 18.0. The van der Waals surface area contributed by atoms with Crippen LogP contribution in [0.25, 0.3) is 0 Å². The third-order valence-electron chi connectivity index (χ3n) is 6.72. The quantitative estimate of drug-likeness (QED) is 0.505. The molecule has 32 heavy (non-hydrogen) atoms. The van der Waals surface area contributed by atoms with Gasteiger partial charge in [-0.15, -0.1) is 0 Å². The molecule has 2 saturated carbocycles. The summed E-state index contributed by atoms with van der Waals surface area (Å²) in [4.78, 5) is 62.9. The average Bonchev–Trinajstić information content (AvgIpc) is 3.46. The Morgan fingerprint density at radius 1 is 1.03 bits per heavy atom. The standard InChI is InChI=1S/C23H26N2O7/c1-3-31-23(30)13-6-8-16(9-7-13)24-17(26)11-32-22(29)12(2)25-20(27)18-14-4-5-15(10-14)19(18)21(25)28/h6-9,12,14-15,18-19H,3-5,10-11H2,1-2H3,(H,24,26)/t12-,14+,15+,18-,19+/m1/s1. The number of benzene rings is 1. The summed E-state index contributed by atoms with van der Waals surface area (Å²) >= 11 is 0. The van der Waals surface area contributed by atoms with E-state index in [9.17, 15) is 24.0 Å². The lowest BCUT2D eigenvalue weighted by molar-refractivity contribution is -0.159. The Hall–Kier alpha value is -3.23. The van der Waals surface area contributed by atoms with Crippen LogP contribution in [0.3, 0.4) is 0 Å². The number of hydrogen-bond donors (Lipinski definition) is 1. The van der Waals surface area contributed by atoms with Gasteiger partial charge >= 0.3 is 11.9 Å². The van der Waals surface area contributed by atoms with E-state index in [0.717, 1.165) is 24.2 Å². The molecule has 9 heteroatoms. The smallest absolute Gasteiger partial charge is 0.338 e. The number of carbonyl (C=O) groups is 5. The summed E-state index contributed by atoms with van der Waals surface area (Å²) in [5.41, 5.74) is 0.767. The lowest BCUT2D eigenvalue weighted by atomic mass is 9.81. The molecule has 0 spiro atoms. The molecule has 170 valence electrons. The number of ether oxygens (including phenoxy) is 2. The minimum atomic E-state index is -1.07. The molecule has 0 radical (unpaired) electrons. The first kappa shape index (κ1) is 22.0. The number of carbonyl (C=O) groups excluding carboxylic acids is 5. The summed E-state index contributed by atoms with van der Waals surface area (Å²) in [5.74, 6) is -2.57. The molecule has 0 unspecified atom stereocenters. The number of fused-ring (bicyclic) bond motifs is 5. The van der Waals surface area contributed by atoms with Gasteiger partial charge in [-0.2, -0.15) is 0 Å². The second-order valence-electron chi connectivity index (χ2n) is 8.56. The van der Waals surface area contributed by atoms with Crippen molar-refractivity contribution in [3.63, 3.8) is 0 Å². The van der Waals surface area contributed by atoms with Crippen molar-refractivity contribution in [1.82, 2.24) is 4.90 Å². The molecule has 3 amide bonds. The molecule has 3 fully saturated rings. The maximum Gasteiger partial charge on any atom is 0.338 e. The molecule has 2 bridgehead atoms. The van der Waals surface area contributed by atoms with Crippen LogP contribution in [0, 0.1) is 23.7 Å². The van der Waals surface area contributed by atoms with Crippen LogP contribution >= 0.6 is 0 Å². The predicted octanol–water partition coefficient (Wildman–Crippen LogP) is 1.76. The minimum absolute atomic E-state index is 0.232. The number of amides is 3. The van der Waals surface area contributed by atoms with Gasteiger partial charge in [0.2, 0.25) is 11.8 Å². The largest absolute Gasteiger partial charge is 0.462 e. The maximum absolute atomic E-state index is 12.8. The first-order chi connectivity index (χ1) is 15.3. The van der Waals surface area contributed by atoms with E-state index in [4.69, 9.17) is 9.47 Å². The van der Waals surface area contributed by atoms with Gasteiger partial charge in [-0.3, -0.25) is 19.3 Å². The number of rotatable bonds is 7. The summed E-state index contributed by atoms with van der Waals surface area (Å²) in [6, 6.07) is 5.01. The van der Waals surface area contributed by atoms with E-state index in [2.05, 4.69) is 5.32 Å². The Kier molecular flexibility index (Phi) is 5.99. The maximum atomic E-state index is 12.8. The van der Waals surface area contributed by atoms with Gasteiger partial charge in [-0.25, -0.2) is 9.59 Å². The highest BCUT2D eigenvalue weighted by molar-refractivity contribution is 6.08. The monoisotopic (exact) mass is 442 g/mol. The van der Waals surface area contributed by atoms with Crippen LogP contribution in [-0.4, -0.2) is 53.8 Å². The highest BCUT2D eigenvalue weighted by atomic mass is 16.5. The van der Waals surface area contributed by atoms with Crippen molar-refractivity contribution in [2.75, 3.05) is 18.5 Å². The predicted molar refractivity (Wildman–Crippen MR) is 111 cm³/mol. The van der Waals surface area contributed by atoms with E-state index in [1.54, 1.807) is 6.92 Å². The average molecular weight is 442 g/mol. The van der Waals surface area contributed by atoms with Gasteiger partial charge in [0.05, 0.1) is 24.0 Å². The Morgan fingerprint density at radius 3 is 2.19 bits per heavy atom. The van der Waals surface area contributed by atoms with Gasteiger partial charge < -0.3 is 14.8 Å². The van der Waals surface area contributed by atoms with Crippen molar-refractivity contribution in [3.8, 4) is 0 Å². The van der Waals surface area contributed by atoms with Crippen molar-refractivity contribution in [2.24, 2.45) is 23.7 Å². The summed E-state index contributed by atoms with van der Waals surface area (Å²) < 4.78 is 9.96. The van der Waals surface area contributed by atoms with Crippen LogP contribution < -0.4 is 5.32 Å². The van der Waals surface area contributed by atoms with Crippen LogP contribution in [0.4, 0.5) is 5.69 Å². The van der Waals surface area contributed by atoms with Crippen molar-refractivity contribution in [1.29, 1.82) is 0 Å². The minimum Gasteiger partial charge on any atom is -0.462 e. The number of imide groups is 1. The van der Waals surface area contributed by atoms with Crippen molar-refractivity contribution in [2.45, 2.75) is 39.2 Å². The number of esters is 2. The molecule has 1 aromatic rings. The van der Waals surface area contributed by atoms with E-state index >= 15 is 0 Å². The Bertz CT molecular complexity index is 930. The fraction of sp³-hybridized carbons (Fsp3) is 0.522. The number of anilines is 1. The molecule has 1 heterocycles. The molecule has 5 atom stereocenters. The van der Waals surface area contributed by atoms with Crippen molar-refractivity contribution >= 4 is 35.3 Å². The van der Waals surface area contributed by atoms with Crippen molar-refractivity contribution in [3.05, 3.63) is 29.8 Å². The van der Waals surface area contributed by atoms with E-state index in [-0.39, 0.29) is 42.1 Å². The number of hydrogen-bond acceptors (Lipinski definition) is 7. The molecule has 1 aliphatic heterocycles. The lowest BCUT2D eigenvalue weighted by Gasteiger charge is -2.23. The van der Waals surface area contributed by atoms with Crippen molar-refractivity contribution < 1.29 is 33.4 Å². The summed E-state index contributed by atoms with van der Waals surface area (Å²) in [6.07, 6.45) is 2.83. The van der Waals surface area contributed by atoms with Crippen LogP contribution in [-0.2, 0) is 28.7 Å². The van der Waals surface area contributed by atoms with E-state index in [1.807, 2.05) is 0 Å². The Labute approximate surface area is 185 Å². The molecule has 3 aliphatic rings. The van der Waals surface area contributed by atoms with Gasteiger partial charge in [0.25, 0.3) is 5.91 Å². The topological polar surface area (TPSA) is 119 Å². The SMILES string of the molecule is CCOC(=O)c1ccc(NC(=O)COC(=O)[C@@H](C)N2C(=O)[C@@H]3[C@H]4CC[C@@H](C4)[C@@H]3C2=O)cc1. The summed E-state index contributed by atoms with van der Waals surface area (Å²) in [5, 5.41) is 2.56. The Balaban J connectivity index is 1.29. The summed E-state index contributed by atoms with van der Waals surface area (Å²) in [6.45, 7) is 2.86. The normalized spacial score (nSPS) is 26.6. The zero-order chi connectivity index (χ0) is 23.0. The lowest BCUT2D eigenvalue weighted by Crippen LogP contribution is -2.45. The van der Waals surface area contributed by atoms with Crippen LogP contribution in [0.2, 0.25) is 0 Å². The van der Waals surface area contributed by atoms with Gasteiger partial charge in [-0.1, -0.05) is 0 Å².